The lowest BCUT2D eigenvalue weighted by molar-refractivity contribution is -0.146. The summed E-state index contributed by atoms with van der Waals surface area (Å²) in [6, 6.07) is 14.7. The molecule has 0 spiro atoms. The van der Waals surface area contributed by atoms with E-state index in [0.29, 0.717) is 43.5 Å². The summed E-state index contributed by atoms with van der Waals surface area (Å²) >= 11 is 0. The topological polar surface area (TPSA) is 149 Å². The Kier molecular flexibility index (Phi) is 16.9. The van der Waals surface area contributed by atoms with Crippen LogP contribution in [0.15, 0.2) is 60.8 Å². The second-order valence-corrected chi connectivity index (χ2v) is 16.1. The molecule has 9 atom stereocenters. The molecule has 2 aliphatic rings. The molecule has 2 aliphatic carbocycles. The zero-order valence-electron chi connectivity index (χ0n) is 31.3. The van der Waals surface area contributed by atoms with Gasteiger partial charge in [-0.3, -0.25) is 4.79 Å². The number of unbranched alkanes of at least 4 members (excludes halogenated alkanes) is 4. The minimum Gasteiger partial charge on any atom is -0.481 e. The molecule has 0 saturated heterocycles. The van der Waals surface area contributed by atoms with E-state index in [1.54, 1.807) is 6.20 Å². The van der Waals surface area contributed by atoms with Crippen LogP contribution in [0.2, 0.25) is 0 Å². The molecule has 9 unspecified atom stereocenters. The first-order valence-corrected chi connectivity index (χ1v) is 20.0. The number of hydrogen-bond donors (Lipinski definition) is 6. The van der Waals surface area contributed by atoms with Crippen molar-refractivity contribution >= 4 is 11.8 Å². The van der Waals surface area contributed by atoms with Crippen LogP contribution < -0.4 is 11.1 Å². The van der Waals surface area contributed by atoms with Crippen LogP contribution in [0.25, 0.3) is 0 Å². The molecule has 1 heterocycles. The minimum absolute atomic E-state index is 0.178. The number of rotatable bonds is 23. The molecule has 0 radical (unpaired) electrons. The summed E-state index contributed by atoms with van der Waals surface area (Å²) in [7, 11) is 0. The third-order valence-electron chi connectivity index (χ3n) is 11.8. The predicted molar refractivity (Wildman–Crippen MR) is 206 cm³/mol. The van der Waals surface area contributed by atoms with Crippen molar-refractivity contribution < 1.29 is 25.2 Å². The highest BCUT2D eigenvalue weighted by Gasteiger charge is 2.44. The molecule has 284 valence electrons. The largest absolute Gasteiger partial charge is 0.481 e. The molecule has 1 fully saturated rings. The van der Waals surface area contributed by atoms with E-state index in [1.165, 1.54) is 24.8 Å². The smallest absolute Gasteiger partial charge is 0.309 e. The van der Waals surface area contributed by atoms with E-state index >= 15 is 0 Å². The maximum absolute atomic E-state index is 12.2. The van der Waals surface area contributed by atoms with Crippen molar-refractivity contribution in [3.63, 3.8) is 0 Å². The van der Waals surface area contributed by atoms with Gasteiger partial charge in [0.05, 0.1) is 23.7 Å². The number of carboxylic acid groups (broad SMARTS) is 1. The van der Waals surface area contributed by atoms with Crippen LogP contribution in [0.1, 0.15) is 121 Å². The number of anilines is 1. The molecule has 1 aromatic heterocycles. The molecular formula is C43H67N3O5. The molecule has 8 heteroatoms. The highest BCUT2D eigenvalue weighted by Crippen LogP contribution is 2.44. The molecule has 0 amide bonds. The van der Waals surface area contributed by atoms with E-state index in [4.69, 9.17) is 5.73 Å². The Labute approximate surface area is 307 Å². The van der Waals surface area contributed by atoms with E-state index in [1.807, 2.05) is 18.2 Å². The minimum atomic E-state index is -1.01. The van der Waals surface area contributed by atoms with Crippen molar-refractivity contribution in [3.05, 3.63) is 71.9 Å². The third kappa shape index (κ3) is 13.9. The highest BCUT2D eigenvalue weighted by molar-refractivity contribution is 5.70. The first-order valence-electron chi connectivity index (χ1n) is 20.0. The van der Waals surface area contributed by atoms with Crippen LogP contribution in [0, 0.1) is 29.6 Å². The number of nitrogen functional groups attached to an aromatic ring is 1. The van der Waals surface area contributed by atoms with Gasteiger partial charge in [-0.15, -0.1) is 0 Å². The lowest BCUT2D eigenvalue weighted by Gasteiger charge is -2.28. The van der Waals surface area contributed by atoms with Crippen molar-refractivity contribution in [1.82, 2.24) is 10.3 Å². The number of aliphatic hydroxyl groups is 3. The number of hydrogen-bond acceptors (Lipinski definition) is 7. The van der Waals surface area contributed by atoms with Gasteiger partial charge in [-0.25, -0.2) is 4.98 Å². The Morgan fingerprint density at radius 1 is 0.980 bits per heavy atom. The van der Waals surface area contributed by atoms with Gasteiger partial charge in [0.15, 0.2) is 0 Å². The number of nitrogens with two attached hydrogens (primary N) is 1. The van der Waals surface area contributed by atoms with Crippen molar-refractivity contribution in [1.29, 1.82) is 0 Å². The molecule has 1 aromatic carbocycles. The summed E-state index contributed by atoms with van der Waals surface area (Å²) in [6.07, 6.45) is 19.1. The monoisotopic (exact) mass is 706 g/mol. The van der Waals surface area contributed by atoms with Gasteiger partial charge in [-0.2, -0.15) is 0 Å². The summed E-state index contributed by atoms with van der Waals surface area (Å²) in [6.45, 7) is 5.21. The summed E-state index contributed by atoms with van der Waals surface area (Å²) in [5.74, 6) is -0.212. The zero-order valence-corrected chi connectivity index (χ0v) is 31.3. The number of nitrogens with zero attached hydrogens (tertiary/aromatic N) is 1. The standard InChI is InChI=1S/C43H67N3O5/c1-3-4-7-14-33-19-20-35(40(48)26-33)15-10-6-11-16-38(42(49)50)39(47)21-23-43(51)28-36(25-34-22-24-45-41(44)27-34)37(29-43)30-46-31(2)17-18-32-12-8-5-9-13-32/h5,8-9,12-13,19-20,22,24,27,31,33,35-40,46-48,51H,3-4,6-7,10-11,14-18,21,23,25-26,28-30H2,1-2H3,(H2,44,45)(H,49,50). The van der Waals surface area contributed by atoms with Crippen molar-refractivity contribution in [3.8, 4) is 0 Å². The van der Waals surface area contributed by atoms with Crippen LogP contribution in [0.3, 0.4) is 0 Å². The van der Waals surface area contributed by atoms with Gasteiger partial charge < -0.3 is 31.5 Å². The van der Waals surface area contributed by atoms with Gasteiger partial charge in [-0.05, 0) is 125 Å². The fraction of sp³-hybridized carbons (Fsp3) is 0.674. The second-order valence-electron chi connectivity index (χ2n) is 16.1. The van der Waals surface area contributed by atoms with Crippen LogP contribution in [-0.4, -0.2) is 61.8 Å². The Balaban J connectivity index is 1.24. The highest BCUT2D eigenvalue weighted by atomic mass is 16.4. The van der Waals surface area contributed by atoms with Gasteiger partial charge in [0, 0.05) is 18.2 Å². The van der Waals surface area contributed by atoms with E-state index in [-0.39, 0.29) is 30.3 Å². The average molecular weight is 706 g/mol. The van der Waals surface area contributed by atoms with Crippen molar-refractivity contribution in [2.24, 2.45) is 29.6 Å². The molecule has 8 nitrogen and oxygen atoms in total. The Hall–Kier alpha value is -2.78. The number of nitrogens with one attached hydrogen (secondary N) is 1. The van der Waals surface area contributed by atoms with Crippen LogP contribution in [0.5, 0.6) is 0 Å². The molecule has 0 aliphatic heterocycles. The Bertz CT molecular complexity index is 1320. The van der Waals surface area contributed by atoms with Crippen LogP contribution in [0.4, 0.5) is 5.82 Å². The molecule has 0 bridgehead atoms. The normalized spacial score (nSPS) is 26.6. The van der Waals surface area contributed by atoms with E-state index < -0.39 is 23.6 Å². The molecule has 4 rings (SSSR count). The van der Waals surface area contributed by atoms with Crippen molar-refractivity contribution in [2.75, 3.05) is 12.3 Å². The van der Waals surface area contributed by atoms with Crippen LogP contribution >= 0.6 is 0 Å². The number of aryl methyl sites for hydroxylation is 1. The van der Waals surface area contributed by atoms with Crippen molar-refractivity contribution in [2.45, 2.75) is 147 Å². The third-order valence-corrected chi connectivity index (χ3v) is 11.8. The van der Waals surface area contributed by atoms with E-state index in [2.05, 4.69) is 60.6 Å². The lowest BCUT2D eigenvalue weighted by atomic mass is 9.81. The molecule has 51 heavy (non-hydrogen) atoms. The molecular weight excluding hydrogens is 638 g/mol. The summed E-state index contributed by atoms with van der Waals surface area (Å²) in [5, 5.41) is 47.4. The lowest BCUT2D eigenvalue weighted by Crippen LogP contribution is -2.34. The molecule has 1 saturated carbocycles. The quantitative estimate of drug-likeness (QED) is 0.0514. The number of allylic oxidation sites excluding steroid dienone is 1. The summed E-state index contributed by atoms with van der Waals surface area (Å²) in [5.41, 5.74) is 7.45. The number of aliphatic hydroxyl groups excluding tert-OH is 2. The fourth-order valence-corrected chi connectivity index (χ4v) is 8.65. The number of carboxylic acids is 1. The molecule has 2 aromatic rings. The van der Waals surface area contributed by atoms with Crippen LogP contribution in [-0.2, 0) is 17.6 Å². The second kappa shape index (κ2) is 21.1. The zero-order chi connectivity index (χ0) is 36.6. The Morgan fingerprint density at radius 2 is 1.75 bits per heavy atom. The van der Waals surface area contributed by atoms with E-state index in [9.17, 15) is 25.2 Å². The van der Waals surface area contributed by atoms with Gasteiger partial charge in [-0.1, -0.05) is 87.9 Å². The van der Waals surface area contributed by atoms with Gasteiger partial charge >= 0.3 is 5.97 Å². The van der Waals surface area contributed by atoms with E-state index in [0.717, 1.165) is 69.9 Å². The maximum Gasteiger partial charge on any atom is 0.309 e. The summed E-state index contributed by atoms with van der Waals surface area (Å²) < 4.78 is 0. The Morgan fingerprint density at radius 3 is 2.47 bits per heavy atom. The van der Waals surface area contributed by atoms with Gasteiger partial charge in [0.2, 0.25) is 0 Å². The van der Waals surface area contributed by atoms with Gasteiger partial charge in [0.25, 0.3) is 0 Å². The average Bonchev–Trinajstić information content (AvgIpc) is 3.42. The number of aliphatic carboxylic acids is 1. The summed E-state index contributed by atoms with van der Waals surface area (Å²) in [4.78, 5) is 16.4. The molecule has 7 N–H and O–H groups in total. The van der Waals surface area contributed by atoms with Gasteiger partial charge in [0.1, 0.15) is 5.82 Å². The SMILES string of the molecule is CCCCCC1C=CC(CCCCCC(C(=O)O)C(O)CCC2(O)CC(CNC(C)CCc3ccccc3)C(Cc3ccnc(N)c3)C2)C(O)C1. The maximum atomic E-state index is 12.2. The fourth-order valence-electron chi connectivity index (χ4n) is 8.65. The number of aromatic nitrogens is 1. The predicted octanol–water partition coefficient (Wildman–Crippen LogP) is 7.50. The number of pyridine rings is 1. The number of carbonyl (C=O) groups is 1. The first kappa shape index (κ1) is 41.0. The first-order chi connectivity index (χ1) is 24.5. The number of benzene rings is 1.